The molecule has 1 aromatic rings. The molecular formula is C18H22F2N4OS. The second-order valence-electron chi connectivity index (χ2n) is 6.52. The van der Waals surface area contributed by atoms with Gasteiger partial charge >= 0.3 is 0 Å². The van der Waals surface area contributed by atoms with Crippen LogP contribution >= 0.6 is 11.8 Å². The van der Waals surface area contributed by atoms with Crippen molar-refractivity contribution in [2.75, 3.05) is 13.7 Å². The van der Waals surface area contributed by atoms with Gasteiger partial charge in [0.15, 0.2) is 5.17 Å². The molecule has 0 radical (unpaired) electrons. The Morgan fingerprint density at radius 1 is 1.46 bits per heavy atom. The molecule has 2 aliphatic rings. The summed E-state index contributed by atoms with van der Waals surface area (Å²) in [5.74, 6) is -1.33. The molecule has 4 atom stereocenters. The van der Waals surface area contributed by atoms with Crippen molar-refractivity contribution in [3.63, 3.8) is 0 Å². The average Bonchev–Trinajstić information content (AvgIpc) is 2.59. The zero-order valence-electron chi connectivity index (χ0n) is 14.7. The molecule has 3 rings (SSSR count). The minimum Gasteiger partial charge on any atom is -0.404 e. The van der Waals surface area contributed by atoms with Gasteiger partial charge < -0.3 is 16.2 Å². The number of nitrogens with zero attached hydrogens (tertiary/aromatic N) is 2. The Kier molecular flexibility index (Phi) is 5.34. The molecular weight excluding hydrogens is 358 g/mol. The summed E-state index contributed by atoms with van der Waals surface area (Å²) in [6, 6.07) is 3.55. The van der Waals surface area contributed by atoms with Crippen molar-refractivity contribution < 1.29 is 13.5 Å². The third-order valence-corrected chi connectivity index (χ3v) is 6.04. The van der Waals surface area contributed by atoms with Gasteiger partial charge in [0.25, 0.3) is 0 Å². The fraction of sp³-hybridized carbons (Fsp3) is 0.444. The molecule has 0 bridgehead atoms. The third-order valence-electron chi connectivity index (χ3n) is 5.01. The number of fused-ring (bicyclic) bond motifs is 1. The van der Waals surface area contributed by atoms with Crippen molar-refractivity contribution in [3.8, 4) is 0 Å². The molecule has 26 heavy (non-hydrogen) atoms. The Hall–Kier alpha value is -1.93. The van der Waals surface area contributed by atoms with Crippen molar-refractivity contribution in [1.29, 1.82) is 0 Å². The van der Waals surface area contributed by atoms with E-state index in [4.69, 9.17) is 16.2 Å². The van der Waals surface area contributed by atoms with Crippen molar-refractivity contribution in [2.45, 2.75) is 30.2 Å². The predicted molar refractivity (Wildman–Crippen MR) is 101 cm³/mol. The highest BCUT2D eigenvalue weighted by molar-refractivity contribution is 8.14. The van der Waals surface area contributed by atoms with E-state index in [2.05, 4.69) is 9.98 Å². The van der Waals surface area contributed by atoms with Crippen LogP contribution in [-0.4, -0.2) is 36.4 Å². The average molecular weight is 380 g/mol. The largest absolute Gasteiger partial charge is 0.404 e. The van der Waals surface area contributed by atoms with Gasteiger partial charge in [-0.05, 0) is 12.5 Å². The molecule has 8 heteroatoms. The Labute approximate surface area is 155 Å². The fourth-order valence-electron chi connectivity index (χ4n) is 3.81. The SMILES string of the molecule is CN=CC(=CN)[C@H]1C[C@H]2[C@@H](C)SC(N)=N[C@@]2(c2ccc(F)cc2F)CO1. The van der Waals surface area contributed by atoms with Gasteiger partial charge in [-0.1, -0.05) is 24.8 Å². The smallest absolute Gasteiger partial charge is 0.155 e. The number of nitrogens with two attached hydrogens (primary N) is 2. The van der Waals surface area contributed by atoms with E-state index in [1.165, 1.54) is 30.1 Å². The van der Waals surface area contributed by atoms with Crippen LogP contribution in [0.1, 0.15) is 18.9 Å². The lowest BCUT2D eigenvalue weighted by Gasteiger charge is -2.49. The maximum atomic E-state index is 14.6. The van der Waals surface area contributed by atoms with E-state index >= 15 is 0 Å². The van der Waals surface area contributed by atoms with Gasteiger partial charge in [0.1, 0.15) is 17.2 Å². The zero-order chi connectivity index (χ0) is 18.9. The van der Waals surface area contributed by atoms with E-state index in [-0.39, 0.29) is 23.9 Å². The highest BCUT2D eigenvalue weighted by Gasteiger charge is 2.52. The standard InChI is InChI=1S/C18H22F2N4OS/c1-10-14-6-16(11(7-21)8-23-2)25-9-18(14,24-17(22)26-10)13-4-3-12(19)5-15(13)20/h3-5,7-8,10,14,16H,6,9,21H2,1-2H3,(H2,22,24)/t10-,14+,16-,18-/m1/s1. The number of hydrogen-bond donors (Lipinski definition) is 2. The number of amidine groups is 1. The zero-order valence-corrected chi connectivity index (χ0v) is 15.5. The number of benzene rings is 1. The first-order chi connectivity index (χ1) is 12.4. The Balaban J connectivity index is 2.06. The summed E-state index contributed by atoms with van der Waals surface area (Å²) < 4.78 is 34.1. The molecule has 0 aliphatic carbocycles. The lowest BCUT2D eigenvalue weighted by Crippen LogP contribution is -2.53. The van der Waals surface area contributed by atoms with Crippen LogP contribution in [0.3, 0.4) is 0 Å². The van der Waals surface area contributed by atoms with Crippen LogP contribution < -0.4 is 11.5 Å². The number of aliphatic imine (C=N–C) groups is 2. The summed E-state index contributed by atoms with van der Waals surface area (Å²) in [7, 11) is 1.66. The van der Waals surface area contributed by atoms with Crippen LogP contribution in [-0.2, 0) is 10.3 Å². The quantitative estimate of drug-likeness (QED) is 0.789. The summed E-state index contributed by atoms with van der Waals surface area (Å²) in [6.07, 6.45) is 3.45. The highest BCUT2D eigenvalue weighted by atomic mass is 32.2. The lowest BCUT2D eigenvalue weighted by atomic mass is 9.72. The fourth-order valence-corrected chi connectivity index (χ4v) is 4.91. The number of hydrogen-bond acceptors (Lipinski definition) is 6. The summed E-state index contributed by atoms with van der Waals surface area (Å²) in [6.45, 7) is 2.17. The van der Waals surface area contributed by atoms with Crippen molar-refractivity contribution in [2.24, 2.45) is 27.4 Å². The molecule has 2 aliphatic heterocycles. The van der Waals surface area contributed by atoms with Crippen LogP contribution in [0.5, 0.6) is 0 Å². The first-order valence-corrected chi connectivity index (χ1v) is 9.22. The molecule has 0 spiro atoms. The van der Waals surface area contributed by atoms with Crippen molar-refractivity contribution in [1.82, 2.24) is 0 Å². The van der Waals surface area contributed by atoms with Crippen LogP contribution in [0, 0.1) is 17.6 Å². The molecule has 1 aromatic carbocycles. The van der Waals surface area contributed by atoms with E-state index in [1.54, 1.807) is 13.3 Å². The maximum absolute atomic E-state index is 14.6. The number of rotatable bonds is 3. The van der Waals surface area contributed by atoms with Crippen LogP contribution in [0.2, 0.25) is 0 Å². The Bertz CT molecular complexity index is 782. The molecule has 1 fully saturated rings. The molecule has 5 nitrogen and oxygen atoms in total. The van der Waals surface area contributed by atoms with Gasteiger partial charge in [-0.15, -0.1) is 0 Å². The minimum atomic E-state index is -0.980. The summed E-state index contributed by atoms with van der Waals surface area (Å²) in [4.78, 5) is 8.61. The topological polar surface area (TPSA) is 86.0 Å². The molecule has 2 heterocycles. The minimum absolute atomic E-state index is 0.0567. The van der Waals surface area contributed by atoms with Gasteiger partial charge in [0, 0.05) is 47.8 Å². The van der Waals surface area contributed by atoms with E-state index in [0.29, 0.717) is 17.2 Å². The third kappa shape index (κ3) is 3.23. The second-order valence-corrected chi connectivity index (χ2v) is 7.91. The van der Waals surface area contributed by atoms with Gasteiger partial charge in [0.2, 0.25) is 0 Å². The highest BCUT2D eigenvalue weighted by Crippen LogP contribution is 2.50. The van der Waals surface area contributed by atoms with Gasteiger partial charge in [-0.25, -0.2) is 13.8 Å². The van der Waals surface area contributed by atoms with Crippen LogP contribution in [0.25, 0.3) is 0 Å². The summed E-state index contributed by atoms with van der Waals surface area (Å²) >= 11 is 1.46. The normalized spacial score (nSPS) is 32.4. The molecule has 0 saturated carbocycles. The molecule has 4 N–H and O–H groups in total. The molecule has 0 amide bonds. The Morgan fingerprint density at radius 2 is 2.23 bits per heavy atom. The van der Waals surface area contributed by atoms with E-state index < -0.39 is 17.2 Å². The monoisotopic (exact) mass is 380 g/mol. The first kappa shape index (κ1) is 18.8. The van der Waals surface area contributed by atoms with E-state index in [1.807, 2.05) is 6.92 Å². The summed E-state index contributed by atoms with van der Waals surface area (Å²) in [5.41, 5.74) is 11.8. The van der Waals surface area contributed by atoms with Crippen molar-refractivity contribution >= 4 is 23.1 Å². The number of ether oxygens (including phenoxy) is 1. The molecule has 0 aromatic heterocycles. The van der Waals surface area contributed by atoms with Crippen LogP contribution in [0.4, 0.5) is 8.78 Å². The molecule has 140 valence electrons. The van der Waals surface area contributed by atoms with Crippen LogP contribution in [0.15, 0.2) is 40.0 Å². The van der Waals surface area contributed by atoms with Gasteiger partial charge in [-0.3, -0.25) is 4.99 Å². The lowest BCUT2D eigenvalue weighted by molar-refractivity contribution is -0.0430. The van der Waals surface area contributed by atoms with Gasteiger partial charge in [-0.2, -0.15) is 0 Å². The van der Waals surface area contributed by atoms with E-state index in [0.717, 1.165) is 11.6 Å². The molecule has 1 saturated heterocycles. The first-order valence-electron chi connectivity index (χ1n) is 8.34. The van der Waals surface area contributed by atoms with Gasteiger partial charge in [0.05, 0.1) is 12.7 Å². The number of halogens is 2. The predicted octanol–water partition coefficient (Wildman–Crippen LogP) is 2.56. The number of thioether (sulfide) groups is 1. The Morgan fingerprint density at radius 3 is 2.88 bits per heavy atom. The van der Waals surface area contributed by atoms with Crippen molar-refractivity contribution in [3.05, 3.63) is 47.2 Å². The summed E-state index contributed by atoms with van der Waals surface area (Å²) in [5, 5.41) is 0.463. The maximum Gasteiger partial charge on any atom is 0.155 e. The van der Waals surface area contributed by atoms with E-state index in [9.17, 15) is 8.78 Å². The molecule has 0 unspecified atom stereocenters. The second kappa shape index (κ2) is 7.36.